The van der Waals surface area contributed by atoms with Gasteiger partial charge in [-0.2, -0.15) is 0 Å². The predicted octanol–water partition coefficient (Wildman–Crippen LogP) is 2.45. The van der Waals surface area contributed by atoms with Gasteiger partial charge in [0.05, 0.1) is 25.3 Å². The fraction of sp³-hybridized carbons (Fsp3) is 1.00. The molecule has 0 amide bonds. The zero-order valence-electron chi connectivity index (χ0n) is 12.4. The van der Waals surface area contributed by atoms with Crippen molar-refractivity contribution in [2.75, 3.05) is 26.3 Å². The third-order valence-corrected chi connectivity index (χ3v) is 5.64. The van der Waals surface area contributed by atoms with Gasteiger partial charge >= 0.3 is 0 Å². The summed E-state index contributed by atoms with van der Waals surface area (Å²) in [4.78, 5) is 0. The van der Waals surface area contributed by atoms with Crippen LogP contribution in [-0.4, -0.2) is 53.1 Å². The first-order valence-corrected chi connectivity index (χ1v) is 8.41. The quantitative estimate of drug-likeness (QED) is 0.728. The molecule has 2 fully saturated rings. The third-order valence-electron chi connectivity index (χ3n) is 5.64. The van der Waals surface area contributed by atoms with Crippen LogP contribution in [-0.2, 0) is 0 Å². The zero-order chi connectivity index (χ0) is 13.6. The van der Waals surface area contributed by atoms with Gasteiger partial charge in [-0.25, -0.2) is 0 Å². The molecule has 3 heteroatoms. The first-order chi connectivity index (χ1) is 9.33. The van der Waals surface area contributed by atoms with Crippen molar-refractivity contribution in [1.29, 1.82) is 0 Å². The summed E-state index contributed by atoms with van der Waals surface area (Å²) in [6.45, 7) is 2.26. The molecular formula is C16H32NO2+. The molecule has 2 N–H and O–H groups in total. The van der Waals surface area contributed by atoms with E-state index in [1.165, 1.54) is 64.2 Å². The average molecular weight is 270 g/mol. The van der Waals surface area contributed by atoms with Crippen LogP contribution in [0.25, 0.3) is 0 Å². The number of hydrogen-bond acceptors (Lipinski definition) is 2. The Morgan fingerprint density at radius 2 is 1.00 bits per heavy atom. The number of hydrogen-bond donors (Lipinski definition) is 2. The summed E-state index contributed by atoms with van der Waals surface area (Å²) in [5, 5.41) is 19.2. The second kappa shape index (κ2) is 7.61. The molecule has 3 nitrogen and oxygen atoms in total. The van der Waals surface area contributed by atoms with Crippen LogP contribution in [0.2, 0.25) is 0 Å². The number of nitrogens with zero attached hydrogens (tertiary/aromatic N) is 1. The maximum absolute atomic E-state index is 9.59. The Bertz CT molecular complexity index is 219. The van der Waals surface area contributed by atoms with Gasteiger partial charge in [0.15, 0.2) is 0 Å². The van der Waals surface area contributed by atoms with Crippen LogP contribution in [0.15, 0.2) is 0 Å². The van der Waals surface area contributed by atoms with Crippen LogP contribution in [0, 0.1) is 0 Å². The molecule has 0 aromatic rings. The predicted molar refractivity (Wildman–Crippen MR) is 77.9 cm³/mol. The molecule has 0 aliphatic heterocycles. The first-order valence-electron chi connectivity index (χ1n) is 8.41. The highest BCUT2D eigenvalue weighted by molar-refractivity contribution is 4.75. The summed E-state index contributed by atoms with van der Waals surface area (Å²) in [7, 11) is 0. The molecule has 0 aromatic carbocycles. The highest BCUT2D eigenvalue weighted by atomic mass is 16.3. The minimum Gasteiger partial charge on any atom is -0.391 e. The van der Waals surface area contributed by atoms with Gasteiger partial charge < -0.3 is 14.7 Å². The van der Waals surface area contributed by atoms with E-state index >= 15 is 0 Å². The fourth-order valence-electron chi connectivity index (χ4n) is 4.70. The van der Waals surface area contributed by atoms with Crippen molar-refractivity contribution >= 4 is 0 Å². The standard InChI is InChI=1S/C16H32NO2/c18-13-11-17(12-14-19,15-7-3-1-4-8-15)16-9-5-2-6-10-16/h15-16,18-19H,1-14H2/q+1. The summed E-state index contributed by atoms with van der Waals surface area (Å²) in [5.41, 5.74) is 0. The Hall–Kier alpha value is -0.120. The molecule has 2 aliphatic carbocycles. The lowest BCUT2D eigenvalue weighted by molar-refractivity contribution is -0.976. The molecule has 2 aliphatic rings. The Balaban J connectivity index is 2.16. The molecule has 0 saturated heterocycles. The molecular weight excluding hydrogens is 238 g/mol. The Morgan fingerprint density at radius 1 is 0.632 bits per heavy atom. The van der Waals surface area contributed by atoms with E-state index in [0.29, 0.717) is 12.1 Å². The monoisotopic (exact) mass is 270 g/mol. The molecule has 0 unspecified atom stereocenters. The summed E-state index contributed by atoms with van der Waals surface area (Å²) < 4.78 is 1.02. The summed E-state index contributed by atoms with van der Waals surface area (Å²) >= 11 is 0. The van der Waals surface area contributed by atoms with Crippen molar-refractivity contribution in [2.24, 2.45) is 0 Å². The SMILES string of the molecule is OCC[N+](CCO)(C1CCCCC1)C1CCCCC1. The topological polar surface area (TPSA) is 40.5 Å². The first kappa shape index (κ1) is 15.3. The van der Waals surface area contributed by atoms with Gasteiger partial charge in [0.25, 0.3) is 0 Å². The minimum absolute atomic E-state index is 0.271. The van der Waals surface area contributed by atoms with Gasteiger partial charge in [-0.05, 0) is 51.4 Å². The van der Waals surface area contributed by atoms with Crippen molar-refractivity contribution in [3.05, 3.63) is 0 Å². The van der Waals surface area contributed by atoms with Crippen molar-refractivity contribution < 1.29 is 14.7 Å². The van der Waals surface area contributed by atoms with Crippen LogP contribution in [0.4, 0.5) is 0 Å². The van der Waals surface area contributed by atoms with Gasteiger partial charge in [-0.1, -0.05) is 12.8 Å². The number of quaternary nitrogens is 1. The molecule has 0 heterocycles. The summed E-state index contributed by atoms with van der Waals surface area (Å²) in [5.74, 6) is 0. The average Bonchev–Trinajstić information content (AvgIpc) is 2.49. The van der Waals surface area contributed by atoms with Crippen LogP contribution < -0.4 is 0 Å². The number of aliphatic hydroxyl groups excluding tert-OH is 2. The maximum atomic E-state index is 9.59. The van der Waals surface area contributed by atoms with E-state index in [4.69, 9.17) is 0 Å². The van der Waals surface area contributed by atoms with Crippen LogP contribution in [0.1, 0.15) is 64.2 Å². The van der Waals surface area contributed by atoms with Gasteiger partial charge in [-0.3, -0.25) is 0 Å². The Labute approximate surface area is 118 Å². The van der Waals surface area contributed by atoms with Gasteiger partial charge in [0.1, 0.15) is 13.1 Å². The highest BCUT2D eigenvalue weighted by Gasteiger charge is 2.43. The molecule has 2 saturated carbocycles. The highest BCUT2D eigenvalue weighted by Crippen LogP contribution is 2.36. The van der Waals surface area contributed by atoms with Crippen molar-refractivity contribution in [3.63, 3.8) is 0 Å². The Morgan fingerprint density at radius 3 is 1.32 bits per heavy atom. The molecule has 0 aromatic heterocycles. The lowest BCUT2D eigenvalue weighted by Crippen LogP contribution is -2.64. The fourth-order valence-corrected chi connectivity index (χ4v) is 4.70. The second-order valence-electron chi connectivity index (χ2n) is 6.58. The normalized spacial score (nSPS) is 23.7. The van der Waals surface area contributed by atoms with E-state index in [-0.39, 0.29) is 13.2 Å². The van der Waals surface area contributed by atoms with E-state index in [0.717, 1.165) is 17.6 Å². The van der Waals surface area contributed by atoms with Crippen LogP contribution in [0.5, 0.6) is 0 Å². The van der Waals surface area contributed by atoms with Gasteiger partial charge in [-0.15, -0.1) is 0 Å². The van der Waals surface area contributed by atoms with Crippen molar-refractivity contribution in [1.82, 2.24) is 0 Å². The molecule has 0 radical (unpaired) electrons. The van der Waals surface area contributed by atoms with Crippen LogP contribution in [0.3, 0.4) is 0 Å². The second-order valence-corrected chi connectivity index (χ2v) is 6.58. The van der Waals surface area contributed by atoms with Crippen molar-refractivity contribution in [2.45, 2.75) is 76.3 Å². The number of rotatable bonds is 6. The van der Waals surface area contributed by atoms with Crippen LogP contribution >= 0.6 is 0 Å². The summed E-state index contributed by atoms with van der Waals surface area (Å²) in [6, 6.07) is 1.38. The van der Waals surface area contributed by atoms with E-state index in [1.807, 2.05) is 0 Å². The van der Waals surface area contributed by atoms with E-state index in [1.54, 1.807) is 0 Å². The smallest absolute Gasteiger partial charge is 0.103 e. The lowest BCUT2D eigenvalue weighted by Gasteiger charge is -2.52. The number of aliphatic hydroxyl groups is 2. The molecule has 19 heavy (non-hydrogen) atoms. The molecule has 2 rings (SSSR count). The summed E-state index contributed by atoms with van der Waals surface area (Å²) in [6.07, 6.45) is 13.3. The van der Waals surface area contributed by atoms with E-state index in [2.05, 4.69) is 0 Å². The molecule has 0 spiro atoms. The molecule has 0 atom stereocenters. The zero-order valence-corrected chi connectivity index (χ0v) is 12.4. The van der Waals surface area contributed by atoms with Crippen molar-refractivity contribution in [3.8, 4) is 0 Å². The largest absolute Gasteiger partial charge is 0.391 e. The van der Waals surface area contributed by atoms with Gasteiger partial charge in [0.2, 0.25) is 0 Å². The molecule has 0 bridgehead atoms. The van der Waals surface area contributed by atoms with E-state index < -0.39 is 0 Å². The molecule has 112 valence electrons. The lowest BCUT2D eigenvalue weighted by atomic mass is 9.85. The van der Waals surface area contributed by atoms with E-state index in [9.17, 15) is 10.2 Å². The Kier molecular flexibility index (Phi) is 6.11. The van der Waals surface area contributed by atoms with Gasteiger partial charge in [0, 0.05) is 0 Å². The third kappa shape index (κ3) is 3.50. The minimum atomic E-state index is 0.271. The maximum Gasteiger partial charge on any atom is 0.103 e.